The molecule has 136 valence electrons. The maximum Gasteiger partial charge on any atom is 0.239 e. The van der Waals surface area contributed by atoms with Gasteiger partial charge in [-0.25, -0.2) is 4.98 Å². The van der Waals surface area contributed by atoms with Crippen LogP contribution in [0.15, 0.2) is 53.9 Å². The van der Waals surface area contributed by atoms with Crippen LogP contribution in [0.2, 0.25) is 0 Å². The smallest absolute Gasteiger partial charge is 0.239 e. The zero-order chi connectivity index (χ0) is 18.8. The topological polar surface area (TPSA) is 85.6 Å². The molecule has 0 aliphatic heterocycles. The minimum Gasteiger partial charge on any atom is -0.305 e. The molecule has 1 N–H and O–H groups in total. The lowest BCUT2D eigenvalue weighted by molar-refractivity contribution is -0.115. The second-order valence-corrected chi connectivity index (χ2v) is 8.18. The van der Waals surface area contributed by atoms with Crippen LogP contribution in [0.25, 0.3) is 21.6 Å². The van der Waals surface area contributed by atoms with Gasteiger partial charge < -0.3 is 9.88 Å². The molecule has 0 radical (unpaired) electrons. The number of hydrogen-bond donors (Lipinski definition) is 1. The van der Waals surface area contributed by atoms with Crippen LogP contribution in [0.1, 0.15) is 6.92 Å². The van der Waals surface area contributed by atoms with Gasteiger partial charge in [-0.3, -0.25) is 9.78 Å². The summed E-state index contributed by atoms with van der Waals surface area (Å²) < 4.78 is 2.92. The van der Waals surface area contributed by atoms with Gasteiger partial charge >= 0.3 is 0 Å². The van der Waals surface area contributed by atoms with Crippen LogP contribution in [0, 0.1) is 0 Å². The van der Waals surface area contributed by atoms with E-state index in [1.807, 2.05) is 54.9 Å². The van der Waals surface area contributed by atoms with Crippen LogP contribution < -0.4 is 5.32 Å². The van der Waals surface area contributed by atoms with Crippen LogP contribution in [-0.2, 0) is 11.8 Å². The van der Waals surface area contributed by atoms with E-state index in [2.05, 4.69) is 25.5 Å². The van der Waals surface area contributed by atoms with Crippen LogP contribution in [-0.4, -0.2) is 35.9 Å². The molecule has 0 saturated carbocycles. The van der Waals surface area contributed by atoms with Gasteiger partial charge in [-0.1, -0.05) is 35.2 Å². The number of nitrogens with one attached hydrogen (secondary N) is 1. The second kappa shape index (κ2) is 7.45. The highest BCUT2D eigenvalue weighted by atomic mass is 32.2. The Labute approximate surface area is 163 Å². The molecule has 3 heterocycles. The van der Waals surface area contributed by atoms with E-state index in [0.717, 1.165) is 21.6 Å². The van der Waals surface area contributed by atoms with Crippen LogP contribution >= 0.6 is 23.1 Å². The third-order valence-corrected chi connectivity index (χ3v) is 6.03. The molecule has 0 bridgehead atoms. The van der Waals surface area contributed by atoms with Gasteiger partial charge in [0, 0.05) is 25.0 Å². The zero-order valence-corrected chi connectivity index (χ0v) is 16.3. The van der Waals surface area contributed by atoms with Crippen molar-refractivity contribution in [3.63, 3.8) is 0 Å². The monoisotopic (exact) mass is 396 g/mol. The minimum atomic E-state index is -0.342. The quantitative estimate of drug-likeness (QED) is 0.519. The Kier molecular flexibility index (Phi) is 4.87. The predicted octanol–water partition coefficient (Wildman–Crippen LogP) is 3.61. The average molecular weight is 397 g/mol. The number of nitrogens with zero attached hydrogens (tertiary/aromatic N) is 5. The molecule has 7 nitrogen and oxygen atoms in total. The number of hydrogen-bond acceptors (Lipinski definition) is 7. The summed E-state index contributed by atoms with van der Waals surface area (Å²) in [6.45, 7) is 1.84. The van der Waals surface area contributed by atoms with Crippen molar-refractivity contribution in [1.82, 2.24) is 24.7 Å². The number of carbonyl (C=O) groups excluding carboxylic acids is 1. The highest BCUT2D eigenvalue weighted by Crippen LogP contribution is 2.28. The predicted molar refractivity (Wildman–Crippen MR) is 108 cm³/mol. The zero-order valence-electron chi connectivity index (χ0n) is 14.7. The Morgan fingerprint density at radius 3 is 2.74 bits per heavy atom. The third-order valence-electron chi connectivity index (χ3n) is 3.95. The molecule has 1 amide bonds. The van der Waals surface area contributed by atoms with Gasteiger partial charge in [0.2, 0.25) is 5.91 Å². The molecule has 1 aromatic carbocycles. The average Bonchev–Trinajstić information content (AvgIpc) is 3.25. The van der Waals surface area contributed by atoms with Gasteiger partial charge in [0.25, 0.3) is 0 Å². The van der Waals surface area contributed by atoms with E-state index in [0.29, 0.717) is 10.3 Å². The van der Waals surface area contributed by atoms with Gasteiger partial charge in [0.1, 0.15) is 0 Å². The summed E-state index contributed by atoms with van der Waals surface area (Å²) >= 11 is 2.82. The first-order valence-electron chi connectivity index (χ1n) is 8.24. The Hall–Kier alpha value is -2.78. The van der Waals surface area contributed by atoms with E-state index < -0.39 is 0 Å². The molecular formula is C18H16N6OS2. The van der Waals surface area contributed by atoms with E-state index in [4.69, 9.17) is 0 Å². The maximum atomic E-state index is 12.6. The lowest BCUT2D eigenvalue weighted by Crippen LogP contribution is -2.22. The summed E-state index contributed by atoms with van der Waals surface area (Å²) in [5.41, 5.74) is 1.81. The summed E-state index contributed by atoms with van der Waals surface area (Å²) in [4.78, 5) is 21.0. The fraction of sp³-hybridized carbons (Fsp3) is 0.167. The molecule has 0 aliphatic carbocycles. The molecule has 1 atom stereocenters. The Balaban J connectivity index is 1.46. The molecule has 4 rings (SSSR count). The molecule has 0 saturated heterocycles. The van der Waals surface area contributed by atoms with Gasteiger partial charge in [-0.2, -0.15) is 0 Å². The molecule has 0 fully saturated rings. The van der Waals surface area contributed by atoms with E-state index in [1.165, 1.54) is 23.1 Å². The second-order valence-electron chi connectivity index (χ2n) is 5.84. The van der Waals surface area contributed by atoms with Crippen LogP contribution in [0.5, 0.6) is 0 Å². The number of pyridine rings is 1. The van der Waals surface area contributed by atoms with Crippen molar-refractivity contribution in [3.05, 3.63) is 48.8 Å². The van der Waals surface area contributed by atoms with E-state index in [-0.39, 0.29) is 11.2 Å². The number of aromatic nitrogens is 5. The highest BCUT2D eigenvalue weighted by molar-refractivity contribution is 8.00. The van der Waals surface area contributed by atoms with Crippen molar-refractivity contribution in [2.45, 2.75) is 17.3 Å². The van der Waals surface area contributed by atoms with Gasteiger partial charge in [-0.15, -0.1) is 10.2 Å². The third kappa shape index (κ3) is 3.69. The lowest BCUT2D eigenvalue weighted by Gasteiger charge is -2.10. The Morgan fingerprint density at radius 1 is 1.19 bits per heavy atom. The molecule has 9 heteroatoms. The van der Waals surface area contributed by atoms with E-state index in [1.54, 1.807) is 12.4 Å². The Morgan fingerprint density at radius 2 is 1.96 bits per heavy atom. The van der Waals surface area contributed by atoms with E-state index in [9.17, 15) is 4.79 Å². The number of carbonyl (C=O) groups is 1. The molecule has 27 heavy (non-hydrogen) atoms. The molecule has 0 spiro atoms. The number of amides is 1. The molecular weight excluding hydrogens is 380 g/mol. The van der Waals surface area contributed by atoms with Crippen molar-refractivity contribution >= 4 is 44.4 Å². The first kappa shape index (κ1) is 17.6. The minimum absolute atomic E-state index is 0.118. The van der Waals surface area contributed by atoms with Crippen molar-refractivity contribution in [2.24, 2.45) is 7.05 Å². The fourth-order valence-corrected chi connectivity index (χ4v) is 4.20. The highest BCUT2D eigenvalue weighted by Gasteiger charge is 2.20. The molecule has 0 aliphatic rings. The van der Waals surface area contributed by atoms with Crippen LogP contribution in [0.3, 0.4) is 0 Å². The van der Waals surface area contributed by atoms with Crippen molar-refractivity contribution in [2.75, 3.05) is 5.32 Å². The summed E-state index contributed by atoms with van der Waals surface area (Å²) in [5.74, 6) is 0.617. The van der Waals surface area contributed by atoms with Gasteiger partial charge in [-0.05, 0) is 31.2 Å². The number of anilines is 1. The van der Waals surface area contributed by atoms with Crippen molar-refractivity contribution in [3.8, 4) is 11.4 Å². The molecule has 3 aromatic heterocycles. The first-order valence-corrected chi connectivity index (χ1v) is 9.94. The summed E-state index contributed by atoms with van der Waals surface area (Å²) in [7, 11) is 1.89. The number of thioether (sulfide) groups is 1. The first-order chi connectivity index (χ1) is 13.1. The number of benzene rings is 1. The van der Waals surface area contributed by atoms with Gasteiger partial charge in [0.15, 0.2) is 16.1 Å². The van der Waals surface area contributed by atoms with Crippen LogP contribution in [0.4, 0.5) is 5.13 Å². The molecule has 0 unspecified atom stereocenters. The standard InChI is InChI=1S/C18H16N6OS2/c1-11(16(25)21-17-20-13-5-3-4-6-14(13)27-17)26-18-23-22-15(24(18)2)12-7-9-19-10-8-12/h3-11H,1-2H3,(H,20,21,25)/t11-/m0/s1. The fourth-order valence-electron chi connectivity index (χ4n) is 2.51. The summed E-state index contributed by atoms with van der Waals surface area (Å²) in [5, 5.41) is 12.3. The number of rotatable bonds is 5. The normalized spacial score (nSPS) is 12.2. The summed E-state index contributed by atoms with van der Waals surface area (Å²) in [6.07, 6.45) is 3.43. The number of fused-ring (bicyclic) bond motifs is 1. The van der Waals surface area contributed by atoms with Crippen molar-refractivity contribution < 1.29 is 4.79 Å². The van der Waals surface area contributed by atoms with E-state index >= 15 is 0 Å². The maximum absolute atomic E-state index is 12.6. The largest absolute Gasteiger partial charge is 0.305 e. The number of thiazole rings is 1. The molecule has 4 aromatic rings. The number of para-hydroxylation sites is 1. The Bertz CT molecular complexity index is 1060. The van der Waals surface area contributed by atoms with Crippen molar-refractivity contribution in [1.29, 1.82) is 0 Å². The lowest BCUT2D eigenvalue weighted by atomic mass is 10.2. The van der Waals surface area contributed by atoms with Gasteiger partial charge in [0.05, 0.1) is 15.5 Å². The SMILES string of the molecule is C[C@H](Sc1nnc(-c2ccncc2)n1C)C(=O)Nc1nc2ccccc2s1. The summed E-state index contributed by atoms with van der Waals surface area (Å²) in [6, 6.07) is 11.6.